The summed E-state index contributed by atoms with van der Waals surface area (Å²) in [6, 6.07) is 8.79. The molecule has 0 aliphatic rings. The monoisotopic (exact) mass is 262 g/mol. The largest absolute Gasteiger partial charge is 0.371 e. The van der Waals surface area contributed by atoms with E-state index in [-0.39, 0.29) is 0 Å². The Morgan fingerprint density at radius 1 is 1.00 bits per heavy atom. The van der Waals surface area contributed by atoms with Crippen LogP contribution in [0.3, 0.4) is 0 Å². The summed E-state index contributed by atoms with van der Waals surface area (Å²) in [5, 5.41) is 3.44. The number of anilines is 1. The van der Waals surface area contributed by atoms with Gasteiger partial charge in [-0.05, 0) is 30.0 Å². The molecule has 2 nitrogen and oxygen atoms in total. The number of nitrogens with one attached hydrogen (secondary N) is 1. The molecule has 0 aromatic heterocycles. The SMILES string of the molecule is CCNCc1ccccc1N(CC(C)C)CC(C)C. The zero-order valence-electron chi connectivity index (χ0n) is 13.2. The minimum atomic E-state index is 0.686. The van der Waals surface area contributed by atoms with E-state index in [1.165, 1.54) is 11.3 Å². The molecule has 0 aliphatic carbocycles. The maximum Gasteiger partial charge on any atom is 0.0412 e. The van der Waals surface area contributed by atoms with Crippen molar-refractivity contribution in [1.82, 2.24) is 5.32 Å². The maximum absolute atomic E-state index is 3.44. The van der Waals surface area contributed by atoms with Crippen LogP contribution in [0.4, 0.5) is 5.69 Å². The lowest BCUT2D eigenvalue weighted by Gasteiger charge is -2.30. The molecule has 0 aliphatic heterocycles. The summed E-state index contributed by atoms with van der Waals surface area (Å²) < 4.78 is 0. The van der Waals surface area contributed by atoms with E-state index in [1.54, 1.807) is 0 Å². The second-order valence-corrected chi connectivity index (χ2v) is 6.10. The Bertz CT molecular complexity index is 348. The molecule has 19 heavy (non-hydrogen) atoms. The summed E-state index contributed by atoms with van der Waals surface area (Å²) in [6.07, 6.45) is 0. The first-order valence-corrected chi connectivity index (χ1v) is 7.58. The van der Waals surface area contributed by atoms with Crippen molar-refractivity contribution in [2.24, 2.45) is 11.8 Å². The summed E-state index contributed by atoms with van der Waals surface area (Å²) in [4.78, 5) is 2.54. The fraction of sp³-hybridized carbons (Fsp3) is 0.647. The molecule has 0 heterocycles. The first-order chi connectivity index (χ1) is 9.04. The molecule has 1 N–H and O–H groups in total. The Kier molecular flexibility index (Phi) is 6.93. The van der Waals surface area contributed by atoms with E-state index in [9.17, 15) is 0 Å². The van der Waals surface area contributed by atoms with Gasteiger partial charge in [-0.25, -0.2) is 0 Å². The predicted molar refractivity (Wildman–Crippen MR) is 85.7 cm³/mol. The molecule has 0 atom stereocenters. The van der Waals surface area contributed by atoms with Crippen molar-refractivity contribution in [3.63, 3.8) is 0 Å². The Hall–Kier alpha value is -1.02. The van der Waals surface area contributed by atoms with Crippen LogP contribution in [-0.2, 0) is 6.54 Å². The molecular weight excluding hydrogens is 232 g/mol. The maximum atomic E-state index is 3.44. The highest BCUT2D eigenvalue weighted by molar-refractivity contribution is 5.53. The number of benzene rings is 1. The van der Waals surface area contributed by atoms with Gasteiger partial charge >= 0.3 is 0 Å². The molecule has 0 bridgehead atoms. The Morgan fingerprint density at radius 3 is 2.11 bits per heavy atom. The van der Waals surface area contributed by atoms with Gasteiger partial charge in [0.2, 0.25) is 0 Å². The van der Waals surface area contributed by atoms with Crippen LogP contribution < -0.4 is 10.2 Å². The van der Waals surface area contributed by atoms with Gasteiger partial charge in [-0.1, -0.05) is 52.8 Å². The Balaban J connectivity index is 2.92. The van der Waals surface area contributed by atoms with Gasteiger partial charge < -0.3 is 10.2 Å². The molecule has 1 aromatic rings. The summed E-state index contributed by atoms with van der Waals surface area (Å²) in [7, 11) is 0. The summed E-state index contributed by atoms with van der Waals surface area (Å²) in [5.74, 6) is 1.37. The van der Waals surface area contributed by atoms with Crippen LogP contribution >= 0.6 is 0 Å². The smallest absolute Gasteiger partial charge is 0.0412 e. The van der Waals surface area contributed by atoms with Crippen LogP contribution in [-0.4, -0.2) is 19.6 Å². The molecule has 0 amide bonds. The average Bonchev–Trinajstić information content (AvgIpc) is 2.35. The van der Waals surface area contributed by atoms with Crippen LogP contribution in [0.1, 0.15) is 40.2 Å². The minimum absolute atomic E-state index is 0.686. The summed E-state index contributed by atoms with van der Waals surface area (Å²) in [6.45, 7) is 15.5. The zero-order chi connectivity index (χ0) is 14.3. The first-order valence-electron chi connectivity index (χ1n) is 7.58. The third-order valence-corrected chi connectivity index (χ3v) is 3.07. The molecule has 0 saturated heterocycles. The van der Waals surface area contributed by atoms with Crippen LogP contribution in [0, 0.1) is 11.8 Å². The fourth-order valence-corrected chi connectivity index (χ4v) is 2.38. The van der Waals surface area contributed by atoms with Crippen molar-refractivity contribution in [3.8, 4) is 0 Å². The third-order valence-electron chi connectivity index (χ3n) is 3.07. The molecule has 1 aromatic carbocycles. The van der Waals surface area contributed by atoms with E-state index in [0.717, 1.165) is 26.2 Å². The van der Waals surface area contributed by atoms with Gasteiger partial charge in [0.15, 0.2) is 0 Å². The molecule has 108 valence electrons. The van der Waals surface area contributed by atoms with Gasteiger partial charge in [0.25, 0.3) is 0 Å². The summed E-state index contributed by atoms with van der Waals surface area (Å²) in [5.41, 5.74) is 2.80. The van der Waals surface area contributed by atoms with Crippen molar-refractivity contribution < 1.29 is 0 Å². The quantitative estimate of drug-likeness (QED) is 0.764. The lowest BCUT2D eigenvalue weighted by atomic mass is 10.1. The minimum Gasteiger partial charge on any atom is -0.371 e. The van der Waals surface area contributed by atoms with Gasteiger partial charge in [0.1, 0.15) is 0 Å². The molecule has 1 rings (SSSR count). The standard InChI is InChI=1S/C17H30N2/c1-6-18-11-16-9-7-8-10-17(16)19(12-14(2)3)13-15(4)5/h7-10,14-15,18H,6,11-13H2,1-5H3. The van der Waals surface area contributed by atoms with E-state index in [2.05, 4.69) is 69.1 Å². The van der Waals surface area contributed by atoms with Crippen molar-refractivity contribution >= 4 is 5.69 Å². The fourth-order valence-electron chi connectivity index (χ4n) is 2.38. The number of nitrogens with zero attached hydrogens (tertiary/aromatic N) is 1. The van der Waals surface area contributed by atoms with Gasteiger partial charge in [-0.15, -0.1) is 0 Å². The zero-order valence-corrected chi connectivity index (χ0v) is 13.2. The van der Waals surface area contributed by atoms with E-state index in [4.69, 9.17) is 0 Å². The molecule has 0 fully saturated rings. The number of hydrogen-bond acceptors (Lipinski definition) is 2. The summed E-state index contributed by atoms with van der Waals surface area (Å²) >= 11 is 0. The van der Waals surface area contributed by atoms with Crippen molar-refractivity contribution in [2.45, 2.75) is 41.2 Å². The second-order valence-electron chi connectivity index (χ2n) is 6.10. The number of para-hydroxylation sites is 1. The van der Waals surface area contributed by atoms with Crippen molar-refractivity contribution in [1.29, 1.82) is 0 Å². The van der Waals surface area contributed by atoms with Crippen LogP contribution in [0.25, 0.3) is 0 Å². The van der Waals surface area contributed by atoms with E-state index in [1.807, 2.05) is 0 Å². The molecule has 0 radical (unpaired) electrons. The number of rotatable bonds is 8. The van der Waals surface area contributed by atoms with Crippen LogP contribution in [0.5, 0.6) is 0 Å². The van der Waals surface area contributed by atoms with Gasteiger partial charge in [0, 0.05) is 25.3 Å². The normalized spacial score (nSPS) is 11.3. The van der Waals surface area contributed by atoms with E-state index in [0.29, 0.717) is 11.8 Å². The Morgan fingerprint density at radius 2 is 1.58 bits per heavy atom. The second kappa shape index (κ2) is 8.21. The first kappa shape index (κ1) is 16.0. The molecular formula is C17H30N2. The van der Waals surface area contributed by atoms with Gasteiger partial charge in [0.05, 0.1) is 0 Å². The van der Waals surface area contributed by atoms with Crippen LogP contribution in [0.15, 0.2) is 24.3 Å². The van der Waals surface area contributed by atoms with Crippen molar-refractivity contribution in [3.05, 3.63) is 29.8 Å². The number of hydrogen-bond donors (Lipinski definition) is 1. The molecule has 0 spiro atoms. The molecule has 0 saturated carbocycles. The lowest BCUT2D eigenvalue weighted by molar-refractivity contribution is 0.550. The lowest BCUT2D eigenvalue weighted by Crippen LogP contribution is -2.32. The van der Waals surface area contributed by atoms with E-state index >= 15 is 0 Å². The van der Waals surface area contributed by atoms with Gasteiger partial charge in [-0.3, -0.25) is 0 Å². The Labute approximate surface area is 119 Å². The third kappa shape index (κ3) is 5.65. The van der Waals surface area contributed by atoms with Gasteiger partial charge in [-0.2, -0.15) is 0 Å². The average molecular weight is 262 g/mol. The van der Waals surface area contributed by atoms with Crippen LogP contribution in [0.2, 0.25) is 0 Å². The highest BCUT2D eigenvalue weighted by atomic mass is 15.1. The molecule has 0 unspecified atom stereocenters. The highest BCUT2D eigenvalue weighted by Crippen LogP contribution is 2.22. The van der Waals surface area contributed by atoms with E-state index < -0.39 is 0 Å². The molecule has 2 heteroatoms. The highest BCUT2D eigenvalue weighted by Gasteiger charge is 2.13. The predicted octanol–water partition coefficient (Wildman–Crippen LogP) is 3.91. The van der Waals surface area contributed by atoms with Crippen molar-refractivity contribution in [2.75, 3.05) is 24.5 Å². The topological polar surface area (TPSA) is 15.3 Å².